The van der Waals surface area contributed by atoms with Gasteiger partial charge in [-0.3, -0.25) is 24.1 Å². The Balaban J connectivity index is 1.62. The number of piperidine rings is 1. The Hall–Kier alpha value is -3.68. The van der Waals surface area contributed by atoms with Crippen LogP contribution in [0.25, 0.3) is 0 Å². The van der Waals surface area contributed by atoms with Crippen LogP contribution >= 0.6 is 0 Å². The van der Waals surface area contributed by atoms with Crippen molar-refractivity contribution in [3.8, 4) is 11.5 Å². The molecule has 0 aromatic heterocycles. The van der Waals surface area contributed by atoms with Crippen LogP contribution < -0.4 is 20.9 Å². The number of hydrogen-bond donors (Lipinski definition) is 4. The van der Waals surface area contributed by atoms with E-state index < -0.39 is 65.9 Å². The zero-order valence-corrected chi connectivity index (χ0v) is 21.5. The van der Waals surface area contributed by atoms with E-state index >= 15 is 0 Å². The van der Waals surface area contributed by atoms with Gasteiger partial charge in [0.15, 0.2) is 17.6 Å². The number of carboxylic acid groups (broad SMARTS) is 2. The molecule has 0 radical (unpaired) electrons. The lowest BCUT2D eigenvalue weighted by atomic mass is 9.50. The predicted octanol–water partition coefficient (Wildman–Crippen LogP) is -0.329. The molecule has 2 bridgehead atoms. The van der Waals surface area contributed by atoms with Crippen LogP contribution in [0.2, 0.25) is 0 Å². The quantitative estimate of drug-likeness (QED) is 0.294. The van der Waals surface area contributed by atoms with E-state index in [1.807, 2.05) is 13.1 Å². The average molecular weight is 546 g/mol. The minimum Gasteiger partial charge on any atom is -0.493 e. The molecule has 1 saturated heterocycles. The van der Waals surface area contributed by atoms with Crippen molar-refractivity contribution in [3.63, 3.8) is 0 Å². The summed E-state index contributed by atoms with van der Waals surface area (Å²) in [6.45, 7) is 0.611. The Morgan fingerprint density at radius 2 is 1.79 bits per heavy atom. The van der Waals surface area contributed by atoms with Gasteiger partial charge in [-0.05, 0) is 44.1 Å². The zero-order chi connectivity index (χ0) is 28.3. The smallest absolute Gasteiger partial charge is 0.321 e. The highest BCUT2D eigenvalue weighted by Gasteiger charge is 2.74. The maximum atomic E-state index is 13.2. The van der Waals surface area contributed by atoms with Crippen molar-refractivity contribution in [1.29, 1.82) is 0 Å². The third-order valence-electron chi connectivity index (χ3n) is 8.45. The fraction of sp³-hybridized carbons (Fsp3) is 0.538. The van der Waals surface area contributed by atoms with Crippen LogP contribution in [0.3, 0.4) is 0 Å². The van der Waals surface area contributed by atoms with Crippen LogP contribution in [0.1, 0.15) is 36.8 Å². The molecule has 1 aromatic rings. The minimum atomic E-state index is -1.44. The van der Waals surface area contributed by atoms with E-state index in [-0.39, 0.29) is 18.2 Å². The molecule has 6 N–H and O–H groups in total. The van der Waals surface area contributed by atoms with Gasteiger partial charge in [-0.25, -0.2) is 0 Å². The van der Waals surface area contributed by atoms with Crippen LogP contribution in [0, 0.1) is 0 Å². The molecule has 4 aliphatic rings. The highest BCUT2D eigenvalue weighted by atomic mass is 16.6. The summed E-state index contributed by atoms with van der Waals surface area (Å²) in [5, 5.41) is 18.4. The topological polar surface area (TPSA) is 201 Å². The van der Waals surface area contributed by atoms with E-state index in [2.05, 4.69) is 4.90 Å². The summed E-state index contributed by atoms with van der Waals surface area (Å²) in [5.74, 6) is -3.17. The van der Waals surface area contributed by atoms with E-state index in [9.17, 15) is 24.3 Å². The highest BCUT2D eigenvalue weighted by molar-refractivity contribution is 5.83. The van der Waals surface area contributed by atoms with Crippen molar-refractivity contribution in [2.75, 3.05) is 20.7 Å². The summed E-state index contributed by atoms with van der Waals surface area (Å²) >= 11 is 0. The molecule has 6 atom stereocenters. The number of ether oxygens (including phenoxy) is 4. The van der Waals surface area contributed by atoms with E-state index in [0.29, 0.717) is 30.9 Å². The monoisotopic (exact) mass is 545 g/mol. The van der Waals surface area contributed by atoms with Gasteiger partial charge in [-0.1, -0.05) is 6.07 Å². The molecule has 210 valence electrons. The van der Waals surface area contributed by atoms with Crippen molar-refractivity contribution in [2.24, 2.45) is 11.5 Å². The van der Waals surface area contributed by atoms with E-state index in [1.54, 1.807) is 12.1 Å². The lowest BCUT2D eigenvalue weighted by Gasteiger charge is -2.62. The van der Waals surface area contributed by atoms with Gasteiger partial charge >= 0.3 is 23.9 Å². The van der Waals surface area contributed by atoms with E-state index in [1.165, 1.54) is 7.11 Å². The first-order valence-electron chi connectivity index (χ1n) is 12.6. The summed E-state index contributed by atoms with van der Waals surface area (Å²) in [4.78, 5) is 50.5. The molecule has 2 aliphatic carbocycles. The molecule has 1 unspecified atom stereocenters. The molecule has 0 amide bonds. The number of nitrogens with zero attached hydrogens (tertiary/aromatic N) is 1. The fourth-order valence-electron chi connectivity index (χ4n) is 6.71. The number of likely N-dealkylation sites (tertiary alicyclic amines) is 1. The zero-order valence-electron chi connectivity index (χ0n) is 21.5. The van der Waals surface area contributed by atoms with Crippen molar-refractivity contribution in [2.45, 2.75) is 67.3 Å². The SMILES string of the molecule is COc1ccc2c3c1O[C@H]1C(OC(=O)C[C@H](N)C(=O)O)=CC[C@@]4(OC(=O)C[C@H](N)C(=O)O)[C@@H](C2)N(C)CCC314. The van der Waals surface area contributed by atoms with Crippen LogP contribution in [-0.4, -0.2) is 89.5 Å². The van der Waals surface area contributed by atoms with Crippen LogP contribution in [0.5, 0.6) is 11.5 Å². The van der Waals surface area contributed by atoms with Crippen molar-refractivity contribution >= 4 is 23.9 Å². The van der Waals surface area contributed by atoms with Gasteiger partial charge in [0.25, 0.3) is 0 Å². The molecule has 0 saturated carbocycles. The van der Waals surface area contributed by atoms with E-state index in [4.69, 9.17) is 35.5 Å². The first-order valence-corrected chi connectivity index (χ1v) is 12.6. The average Bonchev–Trinajstić information content (AvgIpc) is 3.23. The maximum Gasteiger partial charge on any atom is 0.321 e. The number of carbonyl (C=O) groups excluding carboxylic acids is 2. The van der Waals surface area contributed by atoms with Gasteiger partial charge in [0.05, 0.1) is 31.4 Å². The molecule has 13 heteroatoms. The summed E-state index contributed by atoms with van der Waals surface area (Å²) < 4.78 is 24.0. The second-order valence-corrected chi connectivity index (χ2v) is 10.5. The van der Waals surface area contributed by atoms with Gasteiger partial charge in [-0.15, -0.1) is 0 Å². The Labute approximate surface area is 223 Å². The molecular formula is C26H31N3O10. The van der Waals surface area contributed by atoms with Gasteiger partial charge in [0, 0.05) is 12.0 Å². The molecule has 1 fully saturated rings. The first kappa shape index (κ1) is 26.9. The number of carbonyl (C=O) groups is 4. The van der Waals surface area contributed by atoms with Crippen LogP contribution in [0.4, 0.5) is 0 Å². The second-order valence-electron chi connectivity index (χ2n) is 10.5. The lowest BCUT2D eigenvalue weighted by Crippen LogP contribution is -2.75. The molecule has 1 aromatic carbocycles. The lowest BCUT2D eigenvalue weighted by molar-refractivity contribution is -0.206. The Morgan fingerprint density at radius 3 is 2.44 bits per heavy atom. The molecule has 5 rings (SSSR count). The van der Waals surface area contributed by atoms with Gasteiger partial charge in [-0.2, -0.15) is 0 Å². The fourth-order valence-corrected chi connectivity index (χ4v) is 6.71. The predicted molar refractivity (Wildman–Crippen MR) is 132 cm³/mol. The first-order chi connectivity index (χ1) is 18.4. The molecule has 2 heterocycles. The Morgan fingerprint density at radius 1 is 1.13 bits per heavy atom. The number of rotatable bonds is 9. The highest BCUT2D eigenvalue weighted by Crippen LogP contribution is 2.66. The largest absolute Gasteiger partial charge is 0.493 e. The molecular weight excluding hydrogens is 514 g/mol. The summed E-state index contributed by atoms with van der Waals surface area (Å²) in [7, 11) is 3.44. The third kappa shape index (κ3) is 3.95. The van der Waals surface area contributed by atoms with Crippen molar-refractivity contribution in [1.82, 2.24) is 4.90 Å². The second kappa shape index (κ2) is 9.50. The number of methoxy groups -OCH3 is 1. The molecule has 13 nitrogen and oxygen atoms in total. The summed E-state index contributed by atoms with van der Waals surface area (Å²) in [6, 6.07) is 0.570. The number of benzene rings is 1. The maximum absolute atomic E-state index is 13.2. The number of esters is 2. The normalized spacial score (nSPS) is 29.7. The number of nitrogens with two attached hydrogens (primary N) is 2. The molecule has 1 spiro atoms. The van der Waals surface area contributed by atoms with Gasteiger partial charge in [0.2, 0.25) is 0 Å². The number of hydrogen-bond acceptors (Lipinski definition) is 11. The Kier molecular flexibility index (Phi) is 6.56. The number of carboxylic acids is 2. The summed E-state index contributed by atoms with van der Waals surface area (Å²) in [6.07, 6.45) is 0.762. The van der Waals surface area contributed by atoms with Gasteiger partial charge < -0.3 is 40.6 Å². The summed E-state index contributed by atoms with van der Waals surface area (Å²) in [5.41, 5.74) is 10.8. The molecule has 2 aliphatic heterocycles. The molecule has 39 heavy (non-hydrogen) atoms. The third-order valence-corrected chi connectivity index (χ3v) is 8.45. The number of aliphatic carboxylic acids is 2. The van der Waals surface area contributed by atoms with E-state index in [0.717, 1.165) is 11.1 Å². The van der Waals surface area contributed by atoms with Crippen molar-refractivity contribution < 1.29 is 48.3 Å². The van der Waals surface area contributed by atoms with Crippen LogP contribution in [0.15, 0.2) is 24.0 Å². The Bertz CT molecular complexity index is 1280. The standard InChI is InChI=1S/C26H31N3O10/c1-29-8-7-25-20-12-3-4-15(36-2)21(20)38-22(25)16(37-18(30)10-13(27)23(32)33)5-6-26(25,17(29)9-12)39-19(31)11-14(28)24(34)35/h3-5,13-14,17,22H,6-11,27-28H2,1-2H3,(H,32,33)(H,34,35)/t13-,14-,17+,22-,25?,26+/m0/s1. The van der Waals surface area contributed by atoms with Crippen LogP contribution in [-0.2, 0) is 40.5 Å². The number of likely N-dealkylation sites (N-methyl/N-ethyl adjacent to an activating group) is 1. The minimum absolute atomic E-state index is 0.138. The van der Waals surface area contributed by atoms with Crippen molar-refractivity contribution in [3.05, 3.63) is 35.1 Å². The van der Waals surface area contributed by atoms with Gasteiger partial charge in [0.1, 0.15) is 23.4 Å².